The first-order chi connectivity index (χ1) is 12.1. The van der Waals surface area contributed by atoms with E-state index in [-0.39, 0.29) is 12.5 Å². The number of aliphatic hydroxyl groups excluding tert-OH is 1. The molecule has 0 aromatic heterocycles. The monoisotopic (exact) mass is 464 g/mol. The first-order valence-electron chi connectivity index (χ1n) is 8.16. The topological polar surface area (TPSA) is 96.9 Å². The first-order valence-corrected chi connectivity index (χ1v) is 9.04. The molecule has 0 bridgehead atoms. The molecule has 0 fully saturated rings. The Morgan fingerprint density at radius 3 is 2.52 bits per heavy atom. The van der Waals surface area contributed by atoms with Gasteiger partial charge >= 0.3 is 6.09 Å². The highest BCUT2D eigenvalue weighted by molar-refractivity contribution is 14.1. The quantitative estimate of drug-likeness (QED) is 0.346. The molecule has 2 atom stereocenters. The predicted octanol–water partition coefficient (Wildman–Crippen LogP) is 2.49. The van der Waals surface area contributed by atoms with Crippen molar-refractivity contribution in [1.82, 2.24) is 10.6 Å². The number of hydrogen-bond acceptors (Lipinski definition) is 5. The number of carbonyl (C=O) groups excluding carboxylic acids is 2. The highest BCUT2D eigenvalue weighted by Gasteiger charge is 2.23. The molecule has 0 spiro atoms. The van der Waals surface area contributed by atoms with Crippen molar-refractivity contribution in [1.29, 1.82) is 0 Å². The zero-order valence-corrected chi connectivity index (χ0v) is 16.4. The molecule has 2 unspecified atom stereocenters. The van der Waals surface area contributed by atoms with E-state index < -0.39 is 18.2 Å². The minimum atomic E-state index is -0.500. The Hall–Kier alpha value is -1.39. The van der Waals surface area contributed by atoms with E-state index in [0.717, 1.165) is 18.4 Å². The van der Waals surface area contributed by atoms with Crippen molar-refractivity contribution in [3.05, 3.63) is 35.9 Å². The van der Waals surface area contributed by atoms with Gasteiger partial charge < -0.3 is 23.5 Å². The van der Waals surface area contributed by atoms with E-state index in [1.54, 1.807) is 7.11 Å². The summed E-state index contributed by atoms with van der Waals surface area (Å²) < 4.78 is 9.89. The Balaban J connectivity index is 2.34. The Labute approximate surface area is 162 Å². The number of benzene rings is 1. The van der Waals surface area contributed by atoms with Crippen molar-refractivity contribution >= 4 is 35.0 Å². The second kappa shape index (κ2) is 12.9. The lowest BCUT2D eigenvalue weighted by molar-refractivity contribution is -0.123. The molecule has 0 radical (unpaired) electrons. The molecule has 1 aromatic rings. The third kappa shape index (κ3) is 8.50. The van der Waals surface area contributed by atoms with Crippen LogP contribution in [0, 0.1) is 0 Å². The predicted molar refractivity (Wildman–Crippen MR) is 102 cm³/mol. The van der Waals surface area contributed by atoms with Gasteiger partial charge in [-0.15, -0.1) is 0 Å². The second-order valence-corrected chi connectivity index (χ2v) is 5.97. The number of hydrogen-bond donors (Lipinski definition) is 3. The van der Waals surface area contributed by atoms with Crippen molar-refractivity contribution in [3.63, 3.8) is 0 Å². The maximum absolute atomic E-state index is 12.1. The van der Waals surface area contributed by atoms with Gasteiger partial charge in [0.05, 0.1) is 12.6 Å². The van der Waals surface area contributed by atoms with E-state index in [9.17, 15) is 14.7 Å². The highest BCUT2D eigenvalue weighted by atomic mass is 127. The average molecular weight is 464 g/mol. The smallest absolute Gasteiger partial charge is 0.394 e. The third-order valence-corrected chi connectivity index (χ3v) is 4.11. The fraction of sp³-hybridized carbons (Fsp3) is 0.529. The zero-order valence-electron chi connectivity index (χ0n) is 14.2. The number of ether oxygens (including phenoxy) is 1. The molecule has 0 aliphatic heterocycles. The van der Waals surface area contributed by atoms with Gasteiger partial charge in [0.15, 0.2) is 23.0 Å². The van der Waals surface area contributed by atoms with E-state index >= 15 is 0 Å². The normalized spacial score (nSPS) is 12.9. The molecule has 140 valence electrons. The fourth-order valence-electron chi connectivity index (χ4n) is 2.48. The lowest BCUT2D eigenvalue weighted by atomic mass is 10.0. The fourth-order valence-corrected chi connectivity index (χ4v) is 2.63. The summed E-state index contributed by atoms with van der Waals surface area (Å²) >= 11 is 1.52. The van der Waals surface area contributed by atoms with Crippen LogP contribution in [0.15, 0.2) is 30.3 Å². The summed E-state index contributed by atoms with van der Waals surface area (Å²) in [6.07, 6.45) is 1.78. The van der Waals surface area contributed by atoms with Crippen LogP contribution in [-0.4, -0.2) is 43.4 Å². The van der Waals surface area contributed by atoms with E-state index in [1.165, 1.54) is 23.0 Å². The number of carbonyl (C=O) groups is 2. The van der Waals surface area contributed by atoms with Gasteiger partial charge in [-0.3, -0.25) is 4.79 Å². The van der Waals surface area contributed by atoms with Gasteiger partial charge in [-0.1, -0.05) is 36.8 Å². The molecule has 1 aromatic carbocycles. The van der Waals surface area contributed by atoms with Gasteiger partial charge in [-0.05, 0) is 18.4 Å². The number of unbranched alkanes of at least 4 members (excludes halogenated alkanes) is 2. The van der Waals surface area contributed by atoms with E-state index in [2.05, 4.69) is 13.7 Å². The van der Waals surface area contributed by atoms with Crippen LogP contribution in [-0.2, 0) is 12.6 Å². The summed E-state index contributed by atoms with van der Waals surface area (Å²) in [4.78, 5) is 23.0. The van der Waals surface area contributed by atoms with Gasteiger partial charge in [0.25, 0.3) is 0 Å². The lowest BCUT2D eigenvalue weighted by Gasteiger charge is -2.25. The van der Waals surface area contributed by atoms with Crippen LogP contribution in [0.2, 0.25) is 0 Å². The molecule has 0 aliphatic carbocycles. The van der Waals surface area contributed by atoms with Crippen molar-refractivity contribution in [2.24, 2.45) is 0 Å². The van der Waals surface area contributed by atoms with E-state index in [4.69, 9.17) is 4.74 Å². The second-order valence-electron chi connectivity index (χ2n) is 5.53. The van der Waals surface area contributed by atoms with Gasteiger partial charge in [-0.25, -0.2) is 4.79 Å². The number of methoxy groups -OCH3 is 1. The van der Waals surface area contributed by atoms with Crippen molar-refractivity contribution in [2.45, 2.75) is 37.8 Å². The number of halogens is 1. The van der Waals surface area contributed by atoms with Crippen LogP contribution >= 0.6 is 23.0 Å². The summed E-state index contributed by atoms with van der Waals surface area (Å²) in [7, 11) is 1.56. The number of aliphatic hydroxyl groups is 1. The van der Waals surface area contributed by atoms with E-state index in [0.29, 0.717) is 19.4 Å². The molecule has 8 heteroatoms. The molecule has 0 aliphatic rings. The Morgan fingerprint density at radius 1 is 1.20 bits per heavy atom. The van der Waals surface area contributed by atoms with Gasteiger partial charge in [0.2, 0.25) is 5.91 Å². The van der Waals surface area contributed by atoms with Gasteiger partial charge in [0, 0.05) is 20.1 Å². The van der Waals surface area contributed by atoms with Gasteiger partial charge in [0.1, 0.15) is 6.10 Å². The molecule has 25 heavy (non-hydrogen) atoms. The molecular weight excluding hydrogens is 439 g/mol. The third-order valence-electron chi connectivity index (χ3n) is 3.71. The Morgan fingerprint density at radius 2 is 1.92 bits per heavy atom. The summed E-state index contributed by atoms with van der Waals surface area (Å²) in [5.41, 5.74) is 0.901. The van der Waals surface area contributed by atoms with Crippen LogP contribution in [0.25, 0.3) is 0 Å². The molecule has 2 amide bonds. The SMILES string of the molecule is COC(c1ccccc1)C(CO)NC(=O)CCCCCNC(=O)OI. The molecule has 7 nitrogen and oxygen atoms in total. The molecule has 3 N–H and O–H groups in total. The lowest BCUT2D eigenvalue weighted by Crippen LogP contribution is -2.42. The minimum Gasteiger partial charge on any atom is -0.394 e. The largest absolute Gasteiger partial charge is 0.416 e. The van der Waals surface area contributed by atoms with Crippen molar-refractivity contribution < 1.29 is 22.5 Å². The number of rotatable bonds is 11. The van der Waals surface area contributed by atoms with Crippen LogP contribution in [0.5, 0.6) is 0 Å². The van der Waals surface area contributed by atoms with Crippen LogP contribution < -0.4 is 10.6 Å². The molecule has 0 saturated heterocycles. The highest BCUT2D eigenvalue weighted by Crippen LogP contribution is 2.20. The minimum absolute atomic E-state index is 0.128. The van der Waals surface area contributed by atoms with Gasteiger partial charge in [-0.2, -0.15) is 0 Å². The first kappa shape index (κ1) is 21.7. The number of nitrogens with one attached hydrogen (secondary N) is 2. The summed E-state index contributed by atoms with van der Waals surface area (Å²) in [5.74, 6) is -0.128. The standard InChI is InChI=1S/C17H25IN2O5/c1-24-16(13-8-4-2-5-9-13)14(12-21)20-15(22)10-6-3-7-11-19-17(23)25-18/h2,4-5,8-9,14,16,21H,3,6-7,10-12H2,1H3,(H,19,23)(H,20,22). The average Bonchev–Trinajstić information content (AvgIpc) is 2.64. The molecule has 0 heterocycles. The maximum Gasteiger partial charge on any atom is 0.416 e. The number of amides is 2. The summed E-state index contributed by atoms with van der Waals surface area (Å²) in [5, 5.41) is 15.0. The molecular formula is C17H25IN2O5. The Bertz CT molecular complexity index is 515. The van der Waals surface area contributed by atoms with E-state index in [1.807, 2.05) is 30.3 Å². The maximum atomic E-state index is 12.1. The van der Waals surface area contributed by atoms with Crippen molar-refractivity contribution in [3.8, 4) is 0 Å². The molecule has 1 rings (SSSR count). The van der Waals surface area contributed by atoms with Crippen LogP contribution in [0.4, 0.5) is 4.79 Å². The summed E-state index contributed by atoms with van der Waals surface area (Å²) in [6, 6.07) is 8.98. The molecule has 0 saturated carbocycles. The Kier molecular flexibility index (Phi) is 11.2. The van der Waals surface area contributed by atoms with Crippen molar-refractivity contribution in [2.75, 3.05) is 20.3 Å². The van der Waals surface area contributed by atoms with Crippen LogP contribution in [0.3, 0.4) is 0 Å². The van der Waals surface area contributed by atoms with Crippen LogP contribution in [0.1, 0.15) is 37.4 Å². The zero-order chi connectivity index (χ0) is 18.5. The summed E-state index contributed by atoms with van der Waals surface area (Å²) in [6.45, 7) is 0.309.